The van der Waals surface area contributed by atoms with Crippen molar-refractivity contribution in [1.29, 1.82) is 0 Å². The molecule has 0 atom stereocenters. The zero-order valence-electron chi connectivity index (χ0n) is 10.1. The summed E-state index contributed by atoms with van der Waals surface area (Å²) in [6, 6.07) is 10.0. The molecule has 0 fully saturated rings. The fourth-order valence-corrected chi connectivity index (χ4v) is 3.66. The van der Waals surface area contributed by atoms with Gasteiger partial charge >= 0.3 is 0 Å². The summed E-state index contributed by atoms with van der Waals surface area (Å²) < 4.78 is 1.15. The molecule has 0 aliphatic carbocycles. The summed E-state index contributed by atoms with van der Waals surface area (Å²) in [5.41, 5.74) is 3.18. The maximum Gasteiger partial charge on any atom is 0.118 e. The minimum absolute atomic E-state index is 0.0924. The molecule has 2 heterocycles. The van der Waals surface area contributed by atoms with Crippen molar-refractivity contribution in [3.63, 3.8) is 0 Å². The molecule has 3 nitrogen and oxygen atoms in total. The van der Waals surface area contributed by atoms with Crippen molar-refractivity contribution < 1.29 is 5.11 Å². The van der Waals surface area contributed by atoms with Crippen LogP contribution in [0.25, 0.3) is 10.2 Å². The Morgan fingerprint density at radius 2 is 1.84 bits per heavy atom. The molecule has 3 rings (SSSR count). The van der Waals surface area contributed by atoms with E-state index >= 15 is 0 Å². The highest BCUT2D eigenvalue weighted by Crippen LogP contribution is 2.30. The molecule has 0 saturated heterocycles. The Hall–Kier alpha value is -1.43. The average Bonchev–Trinajstić information content (AvgIpc) is 2.94. The van der Waals surface area contributed by atoms with E-state index in [1.165, 1.54) is 5.56 Å². The van der Waals surface area contributed by atoms with Crippen molar-refractivity contribution >= 4 is 33.3 Å². The van der Waals surface area contributed by atoms with E-state index in [0.717, 1.165) is 26.6 Å². The molecule has 1 aromatic carbocycles. The van der Waals surface area contributed by atoms with Crippen LogP contribution in [0.1, 0.15) is 11.1 Å². The SMILES string of the molecule is OCc1ccc(CSc2ncnc3ccsc23)cc1. The lowest BCUT2D eigenvalue weighted by Gasteiger charge is -2.03. The van der Waals surface area contributed by atoms with Gasteiger partial charge in [-0.25, -0.2) is 9.97 Å². The second-order valence-electron chi connectivity index (χ2n) is 4.08. The number of rotatable bonds is 4. The van der Waals surface area contributed by atoms with Crippen molar-refractivity contribution in [1.82, 2.24) is 9.97 Å². The average molecular weight is 288 g/mol. The number of fused-ring (bicyclic) bond motifs is 1. The minimum atomic E-state index is 0.0924. The molecule has 96 valence electrons. The van der Waals surface area contributed by atoms with E-state index in [2.05, 4.69) is 9.97 Å². The first-order valence-electron chi connectivity index (χ1n) is 5.86. The van der Waals surface area contributed by atoms with Gasteiger partial charge in [-0.2, -0.15) is 0 Å². The quantitative estimate of drug-likeness (QED) is 0.590. The van der Waals surface area contributed by atoms with Crippen LogP contribution < -0.4 is 0 Å². The predicted octanol–water partition coefficient (Wildman–Crippen LogP) is 3.48. The highest BCUT2D eigenvalue weighted by atomic mass is 32.2. The van der Waals surface area contributed by atoms with Crippen LogP contribution in [-0.2, 0) is 12.4 Å². The van der Waals surface area contributed by atoms with Crippen molar-refractivity contribution in [3.8, 4) is 0 Å². The summed E-state index contributed by atoms with van der Waals surface area (Å²) in [7, 11) is 0. The van der Waals surface area contributed by atoms with E-state index < -0.39 is 0 Å². The van der Waals surface area contributed by atoms with Crippen molar-refractivity contribution in [2.75, 3.05) is 0 Å². The van der Waals surface area contributed by atoms with Gasteiger partial charge < -0.3 is 5.11 Å². The van der Waals surface area contributed by atoms with E-state index in [-0.39, 0.29) is 6.61 Å². The summed E-state index contributed by atoms with van der Waals surface area (Å²) in [5, 5.41) is 12.1. The first-order chi connectivity index (χ1) is 9.36. The number of nitrogens with zero attached hydrogens (tertiary/aromatic N) is 2. The molecule has 0 saturated carbocycles. The Bertz CT molecular complexity index is 679. The second-order valence-corrected chi connectivity index (χ2v) is 5.96. The van der Waals surface area contributed by atoms with Crippen LogP contribution >= 0.6 is 23.1 Å². The monoisotopic (exact) mass is 288 g/mol. The van der Waals surface area contributed by atoms with Gasteiger partial charge in [0.15, 0.2) is 0 Å². The fraction of sp³-hybridized carbons (Fsp3) is 0.143. The van der Waals surface area contributed by atoms with Crippen LogP contribution in [0.3, 0.4) is 0 Å². The Morgan fingerprint density at radius 3 is 2.63 bits per heavy atom. The molecule has 0 radical (unpaired) electrons. The normalized spacial score (nSPS) is 11.0. The number of hydrogen-bond donors (Lipinski definition) is 1. The molecule has 0 aliphatic rings. The molecule has 19 heavy (non-hydrogen) atoms. The number of thioether (sulfide) groups is 1. The molecule has 5 heteroatoms. The fourth-order valence-electron chi connectivity index (χ4n) is 1.76. The van der Waals surface area contributed by atoms with E-state index in [1.54, 1.807) is 29.4 Å². The molecule has 0 spiro atoms. The van der Waals surface area contributed by atoms with Crippen molar-refractivity contribution in [2.45, 2.75) is 17.4 Å². The van der Waals surface area contributed by atoms with Gasteiger partial charge in [-0.3, -0.25) is 0 Å². The summed E-state index contributed by atoms with van der Waals surface area (Å²) in [6.45, 7) is 0.0924. The van der Waals surface area contributed by atoms with Crippen LogP contribution in [-0.4, -0.2) is 15.1 Å². The lowest BCUT2D eigenvalue weighted by atomic mass is 10.2. The number of thiophene rings is 1. The van der Waals surface area contributed by atoms with Gasteiger partial charge in [-0.1, -0.05) is 24.3 Å². The van der Waals surface area contributed by atoms with Crippen LogP contribution in [0.5, 0.6) is 0 Å². The Morgan fingerprint density at radius 1 is 1.05 bits per heavy atom. The van der Waals surface area contributed by atoms with Crippen LogP contribution in [0.4, 0.5) is 0 Å². The van der Waals surface area contributed by atoms with Crippen LogP contribution in [0.15, 0.2) is 47.1 Å². The summed E-state index contributed by atoms with van der Waals surface area (Å²) in [5.74, 6) is 0.871. The topological polar surface area (TPSA) is 46.0 Å². The predicted molar refractivity (Wildman–Crippen MR) is 79.3 cm³/mol. The maximum absolute atomic E-state index is 9.01. The zero-order valence-corrected chi connectivity index (χ0v) is 11.7. The molecule has 0 bridgehead atoms. The zero-order chi connectivity index (χ0) is 13.1. The third-order valence-electron chi connectivity index (χ3n) is 2.79. The summed E-state index contributed by atoms with van der Waals surface area (Å²) in [6.07, 6.45) is 1.62. The van der Waals surface area contributed by atoms with Gasteiger partial charge in [0.05, 0.1) is 16.8 Å². The molecule has 1 N–H and O–H groups in total. The summed E-state index contributed by atoms with van der Waals surface area (Å²) >= 11 is 3.39. The van der Waals surface area contributed by atoms with Gasteiger partial charge in [0.25, 0.3) is 0 Å². The number of aromatic nitrogens is 2. The lowest BCUT2D eigenvalue weighted by Crippen LogP contribution is -1.87. The first kappa shape index (κ1) is 12.6. The number of aliphatic hydroxyl groups is 1. The van der Waals surface area contributed by atoms with Crippen LogP contribution in [0.2, 0.25) is 0 Å². The molecule has 0 aliphatic heterocycles. The Kier molecular flexibility index (Phi) is 3.77. The Balaban J connectivity index is 1.76. The van der Waals surface area contributed by atoms with Gasteiger partial charge in [-0.05, 0) is 22.6 Å². The third-order valence-corrected chi connectivity index (χ3v) is 4.89. The summed E-state index contributed by atoms with van der Waals surface area (Å²) in [4.78, 5) is 8.59. The van der Waals surface area contributed by atoms with E-state index in [0.29, 0.717) is 0 Å². The molecular formula is C14H12N2OS2. The minimum Gasteiger partial charge on any atom is -0.392 e. The molecule has 0 amide bonds. The maximum atomic E-state index is 9.01. The number of aliphatic hydroxyl groups excluding tert-OH is 1. The second kappa shape index (κ2) is 5.69. The lowest BCUT2D eigenvalue weighted by molar-refractivity contribution is 0.282. The standard InChI is InChI=1S/C14H12N2OS2/c17-7-10-1-3-11(4-2-10)8-19-14-13-12(5-6-18-13)15-9-16-14/h1-6,9,17H,7-8H2. The van der Waals surface area contributed by atoms with E-state index in [1.807, 2.05) is 35.7 Å². The first-order valence-corrected chi connectivity index (χ1v) is 7.73. The largest absolute Gasteiger partial charge is 0.392 e. The van der Waals surface area contributed by atoms with Gasteiger partial charge in [-0.15, -0.1) is 23.1 Å². The highest BCUT2D eigenvalue weighted by molar-refractivity contribution is 7.98. The van der Waals surface area contributed by atoms with Crippen LogP contribution in [0, 0.1) is 0 Å². The molecule has 2 aromatic heterocycles. The van der Waals surface area contributed by atoms with E-state index in [4.69, 9.17) is 5.11 Å². The molecular weight excluding hydrogens is 276 g/mol. The number of benzene rings is 1. The van der Waals surface area contributed by atoms with Gasteiger partial charge in [0.2, 0.25) is 0 Å². The Labute approximate surface area is 119 Å². The van der Waals surface area contributed by atoms with Crippen molar-refractivity contribution in [2.24, 2.45) is 0 Å². The molecule has 0 unspecified atom stereocenters. The van der Waals surface area contributed by atoms with E-state index in [9.17, 15) is 0 Å². The van der Waals surface area contributed by atoms with Gasteiger partial charge in [0.1, 0.15) is 11.4 Å². The molecule has 3 aromatic rings. The smallest absolute Gasteiger partial charge is 0.118 e. The number of hydrogen-bond acceptors (Lipinski definition) is 5. The van der Waals surface area contributed by atoms with Gasteiger partial charge in [0, 0.05) is 5.75 Å². The highest BCUT2D eigenvalue weighted by Gasteiger charge is 2.05. The third kappa shape index (κ3) is 2.78. The van der Waals surface area contributed by atoms with Crippen molar-refractivity contribution in [3.05, 3.63) is 53.2 Å².